The summed E-state index contributed by atoms with van der Waals surface area (Å²) in [7, 11) is 0. The smallest absolute Gasteiger partial charge is 0.309 e. The van der Waals surface area contributed by atoms with Gasteiger partial charge < -0.3 is 9.84 Å². The maximum atomic E-state index is 12.6. The van der Waals surface area contributed by atoms with Crippen LogP contribution in [0.3, 0.4) is 0 Å². The molecule has 1 N–H and O–H groups in total. The van der Waals surface area contributed by atoms with Gasteiger partial charge in [0.25, 0.3) is 0 Å². The monoisotopic (exact) mass is 438 g/mol. The summed E-state index contributed by atoms with van der Waals surface area (Å²) < 4.78 is 5.29. The van der Waals surface area contributed by atoms with Crippen molar-refractivity contribution >= 4 is 11.9 Å². The predicted octanol–water partition coefficient (Wildman–Crippen LogP) is 7.93. The van der Waals surface area contributed by atoms with Gasteiger partial charge in [-0.1, -0.05) is 116 Å². The molecule has 1 aliphatic carbocycles. The zero-order valence-electron chi connectivity index (χ0n) is 20.5. The zero-order chi connectivity index (χ0) is 22.7. The number of aliphatic carboxylic acids is 1. The quantitative estimate of drug-likeness (QED) is 0.164. The fraction of sp³-hybridized carbons (Fsp3) is 0.926. The van der Waals surface area contributed by atoms with Crippen LogP contribution in [0, 0.1) is 17.8 Å². The fourth-order valence-corrected chi connectivity index (χ4v) is 5.16. The van der Waals surface area contributed by atoms with Crippen molar-refractivity contribution in [3.8, 4) is 0 Å². The van der Waals surface area contributed by atoms with E-state index in [1.807, 2.05) is 0 Å². The molecule has 0 heterocycles. The molecule has 0 spiro atoms. The number of hydrogen-bond donors (Lipinski definition) is 1. The summed E-state index contributed by atoms with van der Waals surface area (Å²) in [6.45, 7) is 4.38. The van der Waals surface area contributed by atoms with Gasteiger partial charge in [0.15, 0.2) is 0 Å². The molecule has 1 fully saturated rings. The lowest BCUT2D eigenvalue weighted by molar-refractivity contribution is -0.158. The van der Waals surface area contributed by atoms with Crippen LogP contribution >= 0.6 is 0 Å². The third-order valence-corrected chi connectivity index (χ3v) is 7.07. The summed E-state index contributed by atoms with van der Waals surface area (Å²) >= 11 is 0. The van der Waals surface area contributed by atoms with E-state index in [9.17, 15) is 14.7 Å². The van der Waals surface area contributed by atoms with E-state index in [-0.39, 0.29) is 5.97 Å². The van der Waals surface area contributed by atoms with Crippen LogP contribution in [0.4, 0.5) is 0 Å². The molecule has 0 saturated heterocycles. The molecule has 2 atom stereocenters. The minimum absolute atomic E-state index is 0.292. The second kappa shape index (κ2) is 18.5. The molecule has 0 aromatic rings. The normalized spacial score (nSPS) is 16.7. The number of carbonyl (C=O) groups excluding carboxylic acids is 1. The summed E-state index contributed by atoms with van der Waals surface area (Å²) in [4.78, 5) is 24.6. The first-order valence-electron chi connectivity index (χ1n) is 13.5. The number of ether oxygens (including phenoxy) is 1. The number of unbranched alkanes of at least 4 members (excludes halogenated alkanes) is 11. The molecule has 0 radical (unpaired) electrons. The van der Waals surface area contributed by atoms with Gasteiger partial charge in [-0.25, -0.2) is 0 Å². The van der Waals surface area contributed by atoms with Crippen molar-refractivity contribution < 1.29 is 19.4 Å². The van der Waals surface area contributed by atoms with Crippen LogP contribution in [0.15, 0.2) is 0 Å². The molecule has 0 aromatic carbocycles. The van der Waals surface area contributed by atoms with Crippen molar-refractivity contribution in [3.05, 3.63) is 0 Å². The first-order valence-corrected chi connectivity index (χ1v) is 13.5. The molecule has 4 heteroatoms. The highest BCUT2D eigenvalue weighted by Gasteiger charge is 2.36. The molecule has 0 aromatic heterocycles. The third-order valence-electron chi connectivity index (χ3n) is 7.07. The minimum atomic E-state index is -0.822. The molecule has 1 aliphatic rings. The van der Waals surface area contributed by atoms with E-state index in [0.29, 0.717) is 25.4 Å². The number of carboxylic acids is 1. The minimum Gasteiger partial charge on any atom is -0.481 e. The number of hydrogen-bond acceptors (Lipinski definition) is 3. The van der Waals surface area contributed by atoms with E-state index < -0.39 is 17.8 Å². The molecule has 0 aliphatic heterocycles. The summed E-state index contributed by atoms with van der Waals surface area (Å²) in [5.41, 5.74) is 0. The van der Waals surface area contributed by atoms with Crippen LogP contribution in [0.25, 0.3) is 0 Å². The van der Waals surface area contributed by atoms with Gasteiger partial charge in [-0.15, -0.1) is 0 Å². The highest BCUT2D eigenvalue weighted by molar-refractivity contribution is 5.81. The number of carboxylic acid groups (broad SMARTS) is 1. The molecule has 4 nitrogen and oxygen atoms in total. The van der Waals surface area contributed by atoms with Crippen molar-refractivity contribution in [2.75, 3.05) is 6.61 Å². The van der Waals surface area contributed by atoms with Crippen molar-refractivity contribution in [2.45, 2.75) is 136 Å². The Morgan fingerprint density at radius 3 is 1.77 bits per heavy atom. The van der Waals surface area contributed by atoms with Gasteiger partial charge in [-0.2, -0.15) is 0 Å². The van der Waals surface area contributed by atoms with Crippen LogP contribution in [0.5, 0.6) is 0 Å². The average molecular weight is 439 g/mol. The van der Waals surface area contributed by atoms with E-state index in [1.54, 1.807) is 6.92 Å². The maximum absolute atomic E-state index is 12.6. The first-order chi connectivity index (χ1) is 15.1. The van der Waals surface area contributed by atoms with E-state index in [0.717, 1.165) is 25.7 Å². The molecular weight excluding hydrogens is 388 g/mol. The van der Waals surface area contributed by atoms with Crippen LogP contribution in [0.1, 0.15) is 136 Å². The summed E-state index contributed by atoms with van der Waals surface area (Å²) in [6, 6.07) is 0. The molecule has 0 bridgehead atoms. The van der Waals surface area contributed by atoms with Crippen molar-refractivity contribution in [3.63, 3.8) is 0 Å². The van der Waals surface area contributed by atoms with E-state index >= 15 is 0 Å². The first kappa shape index (κ1) is 28.0. The van der Waals surface area contributed by atoms with Crippen molar-refractivity contribution in [1.29, 1.82) is 0 Å². The molecule has 1 rings (SSSR count). The molecule has 31 heavy (non-hydrogen) atoms. The summed E-state index contributed by atoms with van der Waals surface area (Å²) in [5, 5.41) is 9.86. The Hall–Kier alpha value is -1.06. The lowest BCUT2D eigenvalue weighted by Crippen LogP contribution is -2.33. The number of carbonyl (C=O) groups is 2. The predicted molar refractivity (Wildman–Crippen MR) is 128 cm³/mol. The lowest BCUT2D eigenvalue weighted by Gasteiger charge is -2.28. The van der Waals surface area contributed by atoms with Gasteiger partial charge in [0.05, 0.1) is 18.4 Å². The van der Waals surface area contributed by atoms with Crippen LogP contribution in [-0.2, 0) is 14.3 Å². The molecular formula is C27H50O4. The van der Waals surface area contributed by atoms with Gasteiger partial charge in [0, 0.05) is 0 Å². The van der Waals surface area contributed by atoms with Gasteiger partial charge in [-0.3, -0.25) is 9.59 Å². The number of rotatable bonds is 19. The van der Waals surface area contributed by atoms with E-state index in [2.05, 4.69) is 6.92 Å². The van der Waals surface area contributed by atoms with Gasteiger partial charge in [0.2, 0.25) is 0 Å². The second-order valence-corrected chi connectivity index (χ2v) is 9.72. The lowest BCUT2D eigenvalue weighted by atomic mass is 9.77. The van der Waals surface area contributed by atoms with Crippen LogP contribution in [-0.4, -0.2) is 23.7 Å². The van der Waals surface area contributed by atoms with Crippen molar-refractivity contribution in [1.82, 2.24) is 0 Å². The van der Waals surface area contributed by atoms with Gasteiger partial charge in [0.1, 0.15) is 0 Å². The van der Waals surface area contributed by atoms with Crippen LogP contribution in [0.2, 0.25) is 0 Å². The van der Waals surface area contributed by atoms with E-state index in [4.69, 9.17) is 4.74 Å². The summed E-state index contributed by atoms with van der Waals surface area (Å²) in [6.07, 6.45) is 22.4. The average Bonchev–Trinajstić information content (AvgIpc) is 2.76. The Morgan fingerprint density at radius 2 is 1.29 bits per heavy atom. The SMILES string of the molecule is CCCCCCCCCCCCCCC(C(=O)O)C(CC1CCCCC1)C(=O)OCC. The Labute approximate surface area is 191 Å². The van der Waals surface area contributed by atoms with Gasteiger partial charge in [-0.05, 0) is 25.7 Å². The zero-order valence-corrected chi connectivity index (χ0v) is 20.5. The number of esters is 1. The Morgan fingerprint density at radius 1 is 0.774 bits per heavy atom. The second-order valence-electron chi connectivity index (χ2n) is 9.72. The largest absolute Gasteiger partial charge is 0.481 e. The Kier molecular flexibility index (Phi) is 16.7. The van der Waals surface area contributed by atoms with Crippen molar-refractivity contribution in [2.24, 2.45) is 17.8 Å². The molecule has 2 unspecified atom stereocenters. The van der Waals surface area contributed by atoms with Crippen LogP contribution < -0.4 is 0 Å². The maximum Gasteiger partial charge on any atom is 0.309 e. The fourth-order valence-electron chi connectivity index (χ4n) is 5.16. The van der Waals surface area contributed by atoms with Gasteiger partial charge >= 0.3 is 11.9 Å². The highest BCUT2D eigenvalue weighted by atomic mass is 16.5. The van der Waals surface area contributed by atoms with E-state index in [1.165, 1.54) is 83.5 Å². The summed E-state index contributed by atoms with van der Waals surface area (Å²) in [5.74, 6) is -1.71. The molecule has 1 saturated carbocycles. The third kappa shape index (κ3) is 13.2. The topological polar surface area (TPSA) is 63.6 Å². The molecule has 182 valence electrons. The molecule has 0 amide bonds. The standard InChI is InChI=1S/C27H50O4/c1-3-5-6-7-8-9-10-11-12-13-14-18-21-24(26(28)29)25(27(30)31-4-2)22-23-19-16-15-17-20-23/h23-25H,3-22H2,1-2H3,(H,28,29). The Balaban J connectivity index is 2.30. The highest BCUT2D eigenvalue weighted by Crippen LogP contribution is 2.34. The Bertz CT molecular complexity index is 456.